The van der Waals surface area contributed by atoms with Crippen LogP contribution >= 0.6 is 0 Å². The van der Waals surface area contributed by atoms with Crippen molar-refractivity contribution < 1.29 is 9.47 Å². The third kappa shape index (κ3) is 4.34. The van der Waals surface area contributed by atoms with E-state index in [9.17, 15) is 0 Å². The molecule has 0 radical (unpaired) electrons. The van der Waals surface area contributed by atoms with E-state index in [-0.39, 0.29) is 12.1 Å². The SMILES string of the molecule is CCOc1cccc(C(CC(C)OC)NN)c1. The van der Waals surface area contributed by atoms with Crippen molar-refractivity contribution in [1.82, 2.24) is 5.43 Å². The highest BCUT2D eigenvalue weighted by Gasteiger charge is 2.14. The molecule has 2 atom stereocenters. The van der Waals surface area contributed by atoms with Gasteiger partial charge in [-0.15, -0.1) is 0 Å². The van der Waals surface area contributed by atoms with E-state index >= 15 is 0 Å². The maximum Gasteiger partial charge on any atom is 0.119 e. The molecular formula is C13H22N2O2. The maximum absolute atomic E-state index is 5.59. The molecule has 0 saturated carbocycles. The molecule has 0 heterocycles. The van der Waals surface area contributed by atoms with Crippen molar-refractivity contribution in [2.24, 2.45) is 5.84 Å². The number of rotatable bonds is 7. The minimum atomic E-state index is 0.0744. The Morgan fingerprint density at radius 1 is 1.41 bits per heavy atom. The van der Waals surface area contributed by atoms with Crippen molar-refractivity contribution in [2.75, 3.05) is 13.7 Å². The molecule has 17 heavy (non-hydrogen) atoms. The first kappa shape index (κ1) is 14.0. The van der Waals surface area contributed by atoms with Crippen LogP contribution in [0.4, 0.5) is 0 Å². The van der Waals surface area contributed by atoms with Crippen molar-refractivity contribution >= 4 is 0 Å². The number of methoxy groups -OCH3 is 1. The van der Waals surface area contributed by atoms with Crippen molar-refractivity contribution in [3.8, 4) is 5.75 Å². The molecule has 0 aliphatic heterocycles. The average molecular weight is 238 g/mol. The van der Waals surface area contributed by atoms with Gasteiger partial charge in [-0.1, -0.05) is 12.1 Å². The second-order valence-electron chi connectivity index (χ2n) is 4.01. The van der Waals surface area contributed by atoms with Gasteiger partial charge in [-0.05, 0) is 38.0 Å². The fraction of sp³-hybridized carbons (Fsp3) is 0.538. The Labute approximate surface area is 103 Å². The molecule has 1 aromatic rings. The molecule has 2 unspecified atom stereocenters. The highest BCUT2D eigenvalue weighted by Crippen LogP contribution is 2.22. The van der Waals surface area contributed by atoms with Crippen LogP contribution in [0.2, 0.25) is 0 Å². The number of nitrogens with two attached hydrogens (primary N) is 1. The van der Waals surface area contributed by atoms with Gasteiger partial charge in [0.05, 0.1) is 12.7 Å². The van der Waals surface area contributed by atoms with Crippen LogP contribution < -0.4 is 16.0 Å². The fourth-order valence-electron chi connectivity index (χ4n) is 1.72. The van der Waals surface area contributed by atoms with E-state index in [1.54, 1.807) is 7.11 Å². The molecule has 1 rings (SSSR count). The lowest BCUT2D eigenvalue weighted by Crippen LogP contribution is -2.30. The van der Waals surface area contributed by atoms with Crippen molar-refractivity contribution in [3.63, 3.8) is 0 Å². The van der Waals surface area contributed by atoms with E-state index in [2.05, 4.69) is 5.43 Å². The van der Waals surface area contributed by atoms with Crippen molar-refractivity contribution in [3.05, 3.63) is 29.8 Å². The smallest absolute Gasteiger partial charge is 0.119 e. The number of nitrogens with one attached hydrogen (secondary N) is 1. The van der Waals surface area contributed by atoms with Crippen LogP contribution in [0.5, 0.6) is 5.75 Å². The Hall–Kier alpha value is -1.10. The van der Waals surface area contributed by atoms with Gasteiger partial charge in [-0.2, -0.15) is 0 Å². The number of hydrogen-bond acceptors (Lipinski definition) is 4. The standard InChI is InChI=1S/C13H22N2O2/c1-4-17-12-7-5-6-11(9-12)13(15-14)8-10(2)16-3/h5-7,9-10,13,15H,4,8,14H2,1-3H3. The van der Waals surface area contributed by atoms with Crippen LogP contribution in [0.3, 0.4) is 0 Å². The Balaban J connectivity index is 2.76. The van der Waals surface area contributed by atoms with Crippen LogP contribution in [0.15, 0.2) is 24.3 Å². The van der Waals surface area contributed by atoms with Gasteiger partial charge in [0.15, 0.2) is 0 Å². The van der Waals surface area contributed by atoms with Crippen LogP contribution in [0.25, 0.3) is 0 Å². The second kappa shape index (κ2) is 7.27. The molecule has 3 N–H and O–H groups in total. The lowest BCUT2D eigenvalue weighted by Gasteiger charge is -2.20. The fourth-order valence-corrected chi connectivity index (χ4v) is 1.72. The second-order valence-corrected chi connectivity index (χ2v) is 4.01. The minimum absolute atomic E-state index is 0.0744. The van der Waals surface area contributed by atoms with Gasteiger partial charge in [0, 0.05) is 13.2 Å². The summed E-state index contributed by atoms with van der Waals surface area (Å²) in [5.74, 6) is 6.46. The summed E-state index contributed by atoms with van der Waals surface area (Å²) in [7, 11) is 1.70. The number of hydrazine groups is 1. The molecule has 0 bridgehead atoms. The number of ether oxygens (including phenoxy) is 2. The van der Waals surface area contributed by atoms with E-state index in [0.717, 1.165) is 17.7 Å². The summed E-state index contributed by atoms with van der Waals surface area (Å²) in [5.41, 5.74) is 3.93. The van der Waals surface area contributed by atoms with Gasteiger partial charge in [0.1, 0.15) is 5.75 Å². The van der Waals surface area contributed by atoms with Gasteiger partial charge in [0.2, 0.25) is 0 Å². The molecule has 96 valence electrons. The Bertz CT molecular complexity index is 331. The average Bonchev–Trinajstić information content (AvgIpc) is 2.36. The molecule has 1 aromatic carbocycles. The quantitative estimate of drug-likeness (QED) is 0.563. The largest absolute Gasteiger partial charge is 0.494 e. The summed E-state index contributed by atoms with van der Waals surface area (Å²) >= 11 is 0. The monoisotopic (exact) mass is 238 g/mol. The summed E-state index contributed by atoms with van der Waals surface area (Å²) in [6.07, 6.45) is 0.981. The van der Waals surface area contributed by atoms with Crippen molar-refractivity contribution in [1.29, 1.82) is 0 Å². The topological polar surface area (TPSA) is 56.5 Å². The zero-order valence-electron chi connectivity index (χ0n) is 10.8. The Kier molecular flexibility index (Phi) is 5.97. The van der Waals surface area contributed by atoms with Crippen LogP contribution in [0.1, 0.15) is 31.9 Å². The normalized spacial score (nSPS) is 14.4. The molecule has 0 aliphatic rings. The third-order valence-electron chi connectivity index (χ3n) is 2.74. The van der Waals surface area contributed by atoms with Crippen LogP contribution in [-0.2, 0) is 4.74 Å². The van der Waals surface area contributed by atoms with Gasteiger partial charge < -0.3 is 9.47 Å². The van der Waals surface area contributed by atoms with E-state index in [1.807, 2.05) is 38.1 Å². The van der Waals surface area contributed by atoms with E-state index < -0.39 is 0 Å². The van der Waals surface area contributed by atoms with Gasteiger partial charge in [-0.3, -0.25) is 11.3 Å². The Morgan fingerprint density at radius 2 is 2.18 bits per heavy atom. The molecule has 4 nitrogen and oxygen atoms in total. The van der Waals surface area contributed by atoms with Crippen molar-refractivity contribution in [2.45, 2.75) is 32.4 Å². The summed E-state index contributed by atoms with van der Waals surface area (Å²) in [4.78, 5) is 0. The molecule has 0 aliphatic carbocycles. The zero-order chi connectivity index (χ0) is 12.7. The Morgan fingerprint density at radius 3 is 2.76 bits per heavy atom. The van der Waals surface area contributed by atoms with Gasteiger partial charge in [-0.25, -0.2) is 0 Å². The maximum atomic E-state index is 5.59. The minimum Gasteiger partial charge on any atom is -0.494 e. The third-order valence-corrected chi connectivity index (χ3v) is 2.74. The zero-order valence-corrected chi connectivity index (χ0v) is 10.8. The molecule has 0 amide bonds. The predicted octanol–water partition coefficient (Wildman–Crippen LogP) is 2.01. The summed E-state index contributed by atoms with van der Waals surface area (Å²) in [6, 6.07) is 8.04. The van der Waals surface area contributed by atoms with Crippen LogP contribution in [-0.4, -0.2) is 19.8 Å². The molecule has 0 aromatic heterocycles. The first-order valence-corrected chi connectivity index (χ1v) is 5.93. The highest BCUT2D eigenvalue weighted by atomic mass is 16.5. The summed E-state index contributed by atoms with van der Waals surface area (Å²) in [6.45, 7) is 4.66. The van der Waals surface area contributed by atoms with Crippen LogP contribution in [0, 0.1) is 0 Å². The molecule has 0 fully saturated rings. The lowest BCUT2D eigenvalue weighted by molar-refractivity contribution is 0.100. The van der Waals surface area contributed by atoms with E-state index in [0.29, 0.717) is 6.61 Å². The molecule has 0 spiro atoms. The summed E-state index contributed by atoms with van der Waals surface area (Å²) in [5, 5.41) is 0. The van der Waals surface area contributed by atoms with E-state index in [4.69, 9.17) is 15.3 Å². The van der Waals surface area contributed by atoms with Gasteiger partial charge in [0.25, 0.3) is 0 Å². The number of benzene rings is 1. The number of hydrogen-bond donors (Lipinski definition) is 2. The first-order chi connectivity index (χ1) is 8.21. The lowest BCUT2D eigenvalue weighted by atomic mass is 10.0. The summed E-state index contributed by atoms with van der Waals surface area (Å²) < 4.78 is 10.7. The van der Waals surface area contributed by atoms with Gasteiger partial charge >= 0.3 is 0 Å². The first-order valence-electron chi connectivity index (χ1n) is 5.93. The molecule has 4 heteroatoms. The predicted molar refractivity (Wildman–Crippen MR) is 68.8 cm³/mol. The molecular weight excluding hydrogens is 216 g/mol. The molecule has 0 saturated heterocycles. The van der Waals surface area contributed by atoms with E-state index in [1.165, 1.54) is 0 Å². The highest BCUT2D eigenvalue weighted by molar-refractivity contribution is 5.30.